The van der Waals surface area contributed by atoms with Crippen LogP contribution in [0.1, 0.15) is 33.1 Å². The van der Waals surface area contributed by atoms with Crippen LogP contribution in [0.15, 0.2) is 5.16 Å². The van der Waals surface area contributed by atoms with Crippen molar-refractivity contribution >= 4 is 11.8 Å². The van der Waals surface area contributed by atoms with E-state index in [4.69, 9.17) is 0 Å². The molecule has 18 heavy (non-hydrogen) atoms. The fourth-order valence-electron chi connectivity index (χ4n) is 2.68. The zero-order chi connectivity index (χ0) is 13.1. The number of tetrazole rings is 1. The summed E-state index contributed by atoms with van der Waals surface area (Å²) in [5, 5.41) is 16.6. The third kappa shape index (κ3) is 3.03. The molecule has 3 unspecified atom stereocenters. The van der Waals surface area contributed by atoms with Crippen molar-refractivity contribution < 1.29 is 0 Å². The quantitative estimate of drug-likeness (QED) is 0.902. The van der Waals surface area contributed by atoms with E-state index in [-0.39, 0.29) is 0 Å². The van der Waals surface area contributed by atoms with Crippen molar-refractivity contribution in [3.63, 3.8) is 0 Å². The summed E-state index contributed by atoms with van der Waals surface area (Å²) in [5.74, 6) is 1.59. The fourth-order valence-corrected chi connectivity index (χ4v) is 4.01. The van der Waals surface area contributed by atoms with E-state index in [1.54, 1.807) is 4.68 Å². The SMILES string of the molecule is CNC1CCC(C(C)C)CC1Sc1nnnn1C. The summed E-state index contributed by atoms with van der Waals surface area (Å²) in [5.41, 5.74) is 0. The molecule has 1 aromatic rings. The van der Waals surface area contributed by atoms with E-state index in [0.717, 1.165) is 17.0 Å². The summed E-state index contributed by atoms with van der Waals surface area (Å²) in [6.45, 7) is 4.66. The molecule has 0 amide bonds. The molecule has 1 aliphatic carbocycles. The van der Waals surface area contributed by atoms with Crippen LogP contribution in [-0.4, -0.2) is 38.5 Å². The van der Waals surface area contributed by atoms with Crippen LogP contribution >= 0.6 is 11.8 Å². The minimum atomic E-state index is 0.570. The summed E-state index contributed by atoms with van der Waals surface area (Å²) in [6.07, 6.45) is 3.83. The third-order valence-corrected chi connectivity index (χ3v) is 5.36. The summed E-state index contributed by atoms with van der Waals surface area (Å²) in [7, 11) is 3.96. The second kappa shape index (κ2) is 6.02. The Hall–Kier alpha value is -0.620. The maximum atomic E-state index is 4.09. The molecule has 0 radical (unpaired) electrons. The molecule has 0 aliphatic heterocycles. The van der Waals surface area contributed by atoms with E-state index in [0.29, 0.717) is 11.3 Å². The predicted molar refractivity (Wildman–Crippen MR) is 73.5 cm³/mol. The zero-order valence-electron chi connectivity index (χ0n) is 11.6. The molecule has 0 aromatic carbocycles. The molecule has 0 saturated heterocycles. The van der Waals surface area contributed by atoms with Gasteiger partial charge in [0, 0.05) is 18.3 Å². The van der Waals surface area contributed by atoms with E-state index < -0.39 is 0 Å². The molecule has 1 saturated carbocycles. The van der Waals surface area contributed by atoms with Gasteiger partial charge in [0.2, 0.25) is 5.16 Å². The highest BCUT2D eigenvalue weighted by molar-refractivity contribution is 7.99. The van der Waals surface area contributed by atoms with Crippen molar-refractivity contribution in [1.29, 1.82) is 0 Å². The largest absolute Gasteiger partial charge is 0.316 e. The Kier molecular flexibility index (Phi) is 4.61. The van der Waals surface area contributed by atoms with Gasteiger partial charge in [-0.1, -0.05) is 25.6 Å². The molecular formula is C12H23N5S. The lowest BCUT2D eigenvalue weighted by Gasteiger charge is -2.37. The number of hydrogen-bond donors (Lipinski definition) is 1. The molecule has 3 atom stereocenters. The van der Waals surface area contributed by atoms with Crippen molar-refractivity contribution in [2.45, 2.75) is 49.6 Å². The van der Waals surface area contributed by atoms with Crippen molar-refractivity contribution in [3.05, 3.63) is 0 Å². The molecule has 1 aromatic heterocycles. The highest BCUT2D eigenvalue weighted by Gasteiger charge is 2.32. The van der Waals surface area contributed by atoms with Gasteiger partial charge < -0.3 is 5.32 Å². The Morgan fingerprint density at radius 3 is 2.72 bits per heavy atom. The third-order valence-electron chi connectivity index (χ3n) is 3.98. The number of thioether (sulfide) groups is 1. The number of aromatic nitrogens is 4. The fraction of sp³-hybridized carbons (Fsp3) is 0.917. The van der Waals surface area contributed by atoms with Crippen LogP contribution in [0.3, 0.4) is 0 Å². The minimum absolute atomic E-state index is 0.570. The predicted octanol–water partition coefficient (Wildman–Crippen LogP) is 1.71. The van der Waals surface area contributed by atoms with Gasteiger partial charge in [-0.25, -0.2) is 4.68 Å². The summed E-state index contributed by atoms with van der Waals surface area (Å²) in [6, 6.07) is 0.571. The Labute approximate surface area is 113 Å². The van der Waals surface area contributed by atoms with Crippen LogP contribution in [0.2, 0.25) is 0 Å². The van der Waals surface area contributed by atoms with Gasteiger partial charge in [-0.3, -0.25) is 0 Å². The van der Waals surface area contributed by atoms with Crippen LogP contribution in [0.4, 0.5) is 0 Å². The van der Waals surface area contributed by atoms with Crippen molar-refractivity contribution in [2.75, 3.05) is 7.05 Å². The first-order valence-electron chi connectivity index (χ1n) is 6.68. The lowest BCUT2D eigenvalue weighted by Crippen LogP contribution is -2.41. The number of hydrogen-bond acceptors (Lipinski definition) is 5. The molecular weight excluding hydrogens is 246 g/mol. The number of nitrogens with zero attached hydrogens (tertiary/aromatic N) is 4. The Morgan fingerprint density at radius 2 is 2.17 bits per heavy atom. The Bertz CT molecular complexity index is 378. The lowest BCUT2D eigenvalue weighted by molar-refractivity contribution is 0.251. The Morgan fingerprint density at radius 1 is 1.39 bits per heavy atom. The van der Waals surface area contributed by atoms with Crippen molar-refractivity contribution in [3.8, 4) is 0 Å². The molecule has 1 fully saturated rings. The van der Waals surface area contributed by atoms with Gasteiger partial charge in [0.1, 0.15) is 0 Å². The van der Waals surface area contributed by atoms with E-state index in [9.17, 15) is 0 Å². The first-order valence-corrected chi connectivity index (χ1v) is 7.56. The average molecular weight is 269 g/mol. The maximum absolute atomic E-state index is 4.09. The van der Waals surface area contributed by atoms with E-state index in [1.165, 1.54) is 19.3 Å². The van der Waals surface area contributed by atoms with Crippen molar-refractivity contribution in [1.82, 2.24) is 25.5 Å². The topological polar surface area (TPSA) is 55.6 Å². The van der Waals surface area contributed by atoms with Crippen LogP contribution < -0.4 is 5.32 Å². The zero-order valence-corrected chi connectivity index (χ0v) is 12.4. The number of nitrogens with one attached hydrogen (secondary N) is 1. The van der Waals surface area contributed by atoms with Crippen LogP contribution in [0.5, 0.6) is 0 Å². The van der Waals surface area contributed by atoms with Crippen LogP contribution in [-0.2, 0) is 7.05 Å². The summed E-state index contributed by atoms with van der Waals surface area (Å²) < 4.78 is 1.76. The molecule has 5 nitrogen and oxygen atoms in total. The monoisotopic (exact) mass is 269 g/mol. The van der Waals surface area contributed by atoms with Gasteiger partial charge in [-0.2, -0.15) is 0 Å². The number of rotatable bonds is 4. The molecule has 1 aliphatic rings. The van der Waals surface area contributed by atoms with Gasteiger partial charge >= 0.3 is 0 Å². The average Bonchev–Trinajstić information content (AvgIpc) is 2.75. The van der Waals surface area contributed by atoms with E-state index in [2.05, 4.69) is 41.7 Å². The lowest BCUT2D eigenvalue weighted by atomic mass is 9.79. The molecule has 1 N–H and O–H groups in total. The standard InChI is InChI=1S/C12H23N5S/c1-8(2)9-5-6-10(13-3)11(7-9)18-12-14-15-16-17(12)4/h8-11,13H,5-7H2,1-4H3. The number of aryl methyl sites for hydroxylation is 1. The minimum Gasteiger partial charge on any atom is -0.316 e. The molecule has 2 rings (SSSR count). The van der Waals surface area contributed by atoms with Crippen molar-refractivity contribution in [2.24, 2.45) is 18.9 Å². The van der Waals surface area contributed by atoms with Gasteiger partial charge in [0.15, 0.2) is 0 Å². The van der Waals surface area contributed by atoms with Gasteiger partial charge in [0.05, 0.1) is 0 Å². The smallest absolute Gasteiger partial charge is 0.209 e. The molecule has 1 heterocycles. The van der Waals surface area contributed by atoms with Gasteiger partial charge in [0.25, 0.3) is 0 Å². The first kappa shape index (κ1) is 13.8. The Balaban J connectivity index is 2.04. The second-order valence-corrected chi connectivity index (χ2v) is 6.66. The highest BCUT2D eigenvalue weighted by Crippen LogP contribution is 2.38. The molecule has 0 spiro atoms. The van der Waals surface area contributed by atoms with Gasteiger partial charge in [-0.05, 0) is 48.6 Å². The summed E-state index contributed by atoms with van der Waals surface area (Å²) in [4.78, 5) is 0. The first-order chi connectivity index (χ1) is 8.61. The normalized spacial score (nSPS) is 28.8. The highest BCUT2D eigenvalue weighted by atomic mass is 32.2. The summed E-state index contributed by atoms with van der Waals surface area (Å²) >= 11 is 1.82. The maximum Gasteiger partial charge on any atom is 0.209 e. The van der Waals surface area contributed by atoms with Gasteiger partial charge in [-0.15, -0.1) is 5.10 Å². The molecule has 102 valence electrons. The van der Waals surface area contributed by atoms with E-state index >= 15 is 0 Å². The van der Waals surface area contributed by atoms with Crippen LogP contribution in [0, 0.1) is 11.8 Å². The molecule has 0 bridgehead atoms. The molecule has 6 heteroatoms. The van der Waals surface area contributed by atoms with E-state index in [1.807, 2.05) is 18.8 Å². The second-order valence-electron chi connectivity index (χ2n) is 5.45. The van der Waals surface area contributed by atoms with Crippen LogP contribution in [0.25, 0.3) is 0 Å².